The standard InChI is InChI=1S/C7H15NO3/c1-4-11-7(10)5(2)8-6(3)9/h5,7,10H,4H2,1-3H3,(H,8,9)/t5?,7-/m0/s1. The number of aliphatic hydroxyl groups is 1. The molecule has 0 spiro atoms. The summed E-state index contributed by atoms with van der Waals surface area (Å²) in [4.78, 5) is 10.5. The number of carbonyl (C=O) groups is 1. The number of nitrogens with one attached hydrogen (secondary N) is 1. The molecular formula is C7H15NO3. The van der Waals surface area contributed by atoms with Crippen molar-refractivity contribution in [2.45, 2.75) is 33.1 Å². The second-order valence-electron chi connectivity index (χ2n) is 2.34. The van der Waals surface area contributed by atoms with Crippen LogP contribution in [0.2, 0.25) is 0 Å². The minimum Gasteiger partial charge on any atom is -0.366 e. The third-order valence-electron chi connectivity index (χ3n) is 1.20. The van der Waals surface area contributed by atoms with Crippen LogP contribution in [-0.2, 0) is 9.53 Å². The number of amides is 1. The average Bonchev–Trinajstić information content (AvgIpc) is 1.86. The molecule has 0 aromatic carbocycles. The Morgan fingerprint density at radius 2 is 2.27 bits per heavy atom. The molecule has 0 saturated heterocycles. The SMILES string of the molecule is CCO[C@H](O)C(C)NC(C)=O. The fourth-order valence-electron chi connectivity index (χ4n) is 0.707. The van der Waals surface area contributed by atoms with Crippen molar-refractivity contribution in [3.05, 3.63) is 0 Å². The molecule has 0 rings (SSSR count). The van der Waals surface area contributed by atoms with Crippen LogP contribution < -0.4 is 5.32 Å². The van der Waals surface area contributed by atoms with E-state index >= 15 is 0 Å². The zero-order valence-corrected chi connectivity index (χ0v) is 7.13. The van der Waals surface area contributed by atoms with E-state index in [2.05, 4.69) is 5.32 Å². The molecule has 2 N–H and O–H groups in total. The van der Waals surface area contributed by atoms with Crippen molar-refractivity contribution in [3.63, 3.8) is 0 Å². The maximum Gasteiger partial charge on any atom is 0.217 e. The number of carbonyl (C=O) groups excluding carboxylic acids is 1. The lowest BCUT2D eigenvalue weighted by molar-refractivity contribution is -0.131. The Morgan fingerprint density at radius 3 is 2.64 bits per heavy atom. The zero-order chi connectivity index (χ0) is 8.85. The smallest absolute Gasteiger partial charge is 0.217 e. The molecule has 0 saturated carbocycles. The third-order valence-corrected chi connectivity index (χ3v) is 1.20. The van der Waals surface area contributed by atoms with Gasteiger partial charge >= 0.3 is 0 Å². The van der Waals surface area contributed by atoms with Gasteiger partial charge in [0.1, 0.15) is 0 Å². The molecule has 0 fully saturated rings. The number of aliphatic hydroxyl groups excluding tert-OH is 1. The number of hydrogen-bond acceptors (Lipinski definition) is 3. The molecule has 1 unspecified atom stereocenters. The number of hydrogen-bond donors (Lipinski definition) is 2. The largest absolute Gasteiger partial charge is 0.366 e. The predicted molar refractivity (Wildman–Crippen MR) is 40.9 cm³/mol. The topological polar surface area (TPSA) is 58.6 Å². The lowest BCUT2D eigenvalue weighted by atomic mass is 10.3. The Hall–Kier alpha value is -0.610. The first-order valence-corrected chi connectivity index (χ1v) is 3.64. The first-order valence-electron chi connectivity index (χ1n) is 3.64. The lowest BCUT2D eigenvalue weighted by Gasteiger charge is -2.18. The second-order valence-corrected chi connectivity index (χ2v) is 2.34. The molecule has 1 amide bonds. The Bertz CT molecular complexity index is 127. The van der Waals surface area contributed by atoms with Crippen LogP contribution in [0.4, 0.5) is 0 Å². The van der Waals surface area contributed by atoms with Gasteiger partial charge in [-0.2, -0.15) is 0 Å². The fourth-order valence-corrected chi connectivity index (χ4v) is 0.707. The van der Waals surface area contributed by atoms with Gasteiger partial charge in [0.05, 0.1) is 6.04 Å². The van der Waals surface area contributed by atoms with Crippen molar-refractivity contribution < 1.29 is 14.6 Å². The molecule has 0 aromatic rings. The van der Waals surface area contributed by atoms with Gasteiger partial charge in [0.25, 0.3) is 0 Å². The molecule has 66 valence electrons. The van der Waals surface area contributed by atoms with Crippen LogP contribution in [0.3, 0.4) is 0 Å². The van der Waals surface area contributed by atoms with Crippen LogP contribution in [0, 0.1) is 0 Å². The van der Waals surface area contributed by atoms with Gasteiger partial charge < -0.3 is 15.2 Å². The van der Waals surface area contributed by atoms with E-state index in [9.17, 15) is 4.79 Å². The Morgan fingerprint density at radius 1 is 1.73 bits per heavy atom. The lowest BCUT2D eigenvalue weighted by Crippen LogP contribution is -2.41. The van der Waals surface area contributed by atoms with Gasteiger partial charge in [-0.05, 0) is 13.8 Å². The molecule has 0 heterocycles. The molecule has 0 bridgehead atoms. The predicted octanol–water partition coefficient (Wildman–Crippen LogP) is -0.134. The van der Waals surface area contributed by atoms with Gasteiger partial charge in [-0.25, -0.2) is 0 Å². The monoisotopic (exact) mass is 161 g/mol. The highest BCUT2D eigenvalue weighted by molar-refractivity contribution is 5.73. The minimum atomic E-state index is -0.913. The van der Waals surface area contributed by atoms with E-state index in [-0.39, 0.29) is 11.9 Å². The van der Waals surface area contributed by atoms with Gasteiger partial charge in [0, 0.05) is 13.5 Å². The summed E-state index contributed by atoms with van der Waals surface area (Å²) in [5, 5.41) is 11.6. The molecule has 11 heavy (non-hydrogen) atoms. The van der Waals surface area contributed by atoms with Gasteiger partial charge in [0.2, 0.25) is 5.91 Å². The normalized spacial score (nSPS) is 15.6. The van der Waals surface area contributed by atoms with Crippen molar-refractivity contribution >= 4 is 5.91 Å². The van der Waals surface area contributed by atoms with Gasteiger partial charge in [0.15, 0.2) is 6.29 Å². The zero-order valence-electron chi connectivity index (χ0n) is 7.13. The van der Waals surface area contributed by atoms with Crippen molar-refractivity contribution in [2.24, 2.45) is 0 Å². The third kappa shape index (κ3) is 4.75. The molecule has 4 heteroatoms. The van der Waals surface area contributed by atoms with Crippen LogP contribution >= 0.6 is 0 Å². The summed E-state index contributed by atoms with van der Waals surface area (Å²) in [7, 11) is 0. The van der Waals surface area contributed by atoms with Gasteiger partial charge in [-0.1, -0.05) is 0 Å². The number of ether oxygens (including phenoxy) is 1. The van der Waals surface area contributed by atoms with Crippen LogP contribution in [-0.4, -0.2) is 30.0 Å². The Kier molecular flexibility index (Phi) is 4.81. The van der Waals surface area contributed by atoms with Crippen LogP contribution in [0.1, 0.15) is 20.8 Å². The highest BCUT2D eigenvalue weighted by Crippen LogP contribution is 1.93. The van der Waals surface area contributed by atoms with Crippen LogP contribution in [0.15, 0.2) is 0 Å². The molecule has 2 atom stereocenters. The van der Waals surface area contributed by atoms with E-state index in [1.54, 1.807) is 13.8 Å². The molecule has 4 nitrogen and oxygen atoms in total. The maximum atomic E-state index is 10.5. The van der Waals surface area contributed by atoms with E-state index in [1.807, 2.05) is 0 Å². The summed E-state index contributed by atoms with van der Waals surface area (Å²) >= 11 is 0. The highest BCUT2D eigenvalue weighted by Gasteiger charge is 2.13. The molecule has 0 aliphatic heterocycles. The molecule has 0 aliphatic rings. The van der Waals surface area contributed by atoms with E-state index in [0.717, 1.165) is 0 Å². The summed E-state index contributed by atoms with van der Waals surface area (Å²) in [6.07, 6.45) is -0.913. The van der Waals surface area contributed by atoms with Crippen molar-refractivity contribution in [2.75, 3.05) is 6.61 Å². The molecule has 0 aromatic heterocycles. The fraction of sp³-hybridized carbons (Fsp3) is 0.857. The summed E-state index contributed by atoms with van der Waals surface area (Å²) < 4.78 is 4.85. The summed E-state index contributed by atoms with van der Waals surface area (Å²) in [5.74, 6) is -0.170. The highest BCUT2D eigenvalue weighted by atomic mass is 16.6. The Labute approximate surface area is 66.5 Å². The van der Waals surface area contributed by atoms with Crippen molar-refractivity contribution in [1.82, 2.24) is 5.32 Å². The summed E-state index contributed by atoms with van der Waals surface area (Å²) in [5.41, 5.74) is 0. The van der Waals surface area contributed by atoms with E-state index < -0.39 is 6.29 Å². The quantitative estimate of drug-likeness (QED) is 0.564. The molecule has 0 radical (unpaired) electrons. The second kappa shape index (κ2) is 5.09. The van der Waals surface area contributed by atoms with E-state index in [1.165, 1.54) is 6.92 Å². The van der Waals surface area contributed by atoms with Crippen molar-refractivity contribution in [1.29, 1.82) is 0 Å². The molecule has 0 aliphatic carbocycles. The maximum absolute atomic E-state index is 10.5. The Balaban J connectivity index is 3.63. The summed E-state index contributed by atoms with van der Waals surface area (Å²) in [6, 6.07) is -0.354. The van der Waals surface area contributed by atoms with Crippen LogP contribution in [0.5, 0.6) is 0 Å². The number of rotatable bonds is 4. The van der Waals surface area contributed by atoms with Gasteiger partial charge in [-0.15, -0.1) is 0 Å². The van der Waals surface area contributed by atoms with E-state index in [4.69, 9.17) is 9.84 Å². The minimum absolute atomic E-state index is 0.170. The summed E-state index contributed by atoms with van der Waals surface area (Å²) in [6.45, 7) is 5.30. The van der Waals surface area contributed by atoms with Crippen LogP contribution in [0.25, 0.3) is 0 Å². The first-order chi connectivity index (χ1) is 5.07. The average molecular weight is 161 g/mol. The van der Waals surface area contributed by atoms with Gasteiger partial charge in [-0.3, -0.25) is 4.79 Å². The van der Waals surface area contributed by atoms with Crippen molar-refractivity contribution in [3.8, 4) is 0 Å². The molecular weight excluding hydrogens is 146 g/mol. The first kappa shape index (κ1) is 10.4. The van der Waals surface area contributed by atoms with E-state index in [0.29, 0.717) is 6.61 Å².